The van der Waals surface area contributed by atoms with Crippen LogP contribution in [0.3, 0.4) is 0 Å². The molecule has 3 atom stereocenters. The van der Waals surface area contributed by atoms with Crippen molar-refractivity contribution in [1.29, 1.82) is 0 Å². The highest BCUT2D eigenvalue weighted by Gasteiger charge is 2.35. The summed E-state index contributed by atoms with van der Waals surface area (Å²) in [5.74, 6) is -2.72. The standard InChI is InChI=1S/C19H26N4O5S/c20-10-16(24)23-8-4-7-15(23)18(26)21-13(9-12-5-2-1-3-6-12)17(25)22-14(11-29)19(27)28/h1-3,5-6,13-15,29H,4,7-11,20H2,(H,21,26)(H,22,25)(H,27,28). The molecule has 0 aromatic heterocycles. The molecule has 3 unspecified atom stereocenters. The SMILES string of the molecule is NCC(=O)N1CCCC1C(=O)NC(Cc1ccccc1)C(=O)NC(CS)C(=O)O. The van der Waals surface area contributed by atoms with E-state index < -0.39 is 35.9 Å². The first-order valence-corrected chi connectivity index (χ1v) is 9.98. The van der Waals surface area contributed by atoms with Crippen molar-refractivity contribution in [2.75, 3.05) is 18.8 Å². The lowest BCUT2D eigenvalue weighted by Gasteiger charge is -2.26. The van der Waals surface area contributed by atoms with Gasteiger partial charge in [0.15, 0.2) is 0 Å². The van der Waals surface area contributed by atoms with Crippen molar-refractivity contribution in [1.82, 2.24) is 15.5 Å². The van der Waals surface area contributed by atoms with Crippen LogP contribution in [-0.2, 0) is 25.6 Å². The Hall–Kier alpha value is -2.59. The van der Waals surface area contributed by atoms with E-state index in [0.717, 1.165) is 5.56 Å². The number of thiol groups is 1. The van der Waals surface area contributed by atoms with Gasteiger partial charge in [-0.05, 0) is 18.4 Å². The highest BCUT2D eigenvalue weighted by atomic mass is 32.1. The second-order valence-electron chi connectivity index (χ2n) is 6.78. The van der Waals surface area contributed by atoms with Crippen molar-refractivity contribution in [3.05, 3.63) is 35.9 Å². The first-order valence-electron chi connectivity index (χ1n) is 9.35. The van der Waals surface area contributed by atoms with E-state index in [9.17, 15) is 19.2 Å². The summed E-state index contributed by atoms with van der Waals surface area (Å²) in [6, 6.07) is 6.17. The molecule has 0 aliphatic carbocycles. The van der Waals surface area contributed by atoms with Crippen LogP contribution < -0.4 is 16.4 Å². The quantitative estimate of drug-likeness (QED) is 0.329. The Kier molecular flexibility index (Phi) is 8.47. The molecule has 0 bridgehead atoms. The summed E-state index contributed by atoms with van der Waals surface area (Å²) in [6.45, 7) is 0.240. The minimum atomic E-state index is -1.21. The van der Waals surface area contributed by atoms with Crippen LogP contribution in [0.1, 0.15) is 18.4 Å². The van der Waals surface area contributed by atoms with Gasteiger partial charge in [0.1, 0.15) is 18.1 Å². The van der Waals surface area contributed by atoms with Gasteiger partial charge in [0.25, 0.3) is 0 Å². The Morgan fingerprint density at radius 1 is 1.17 bits per heavy atom. The molecule has 1 aliphatic rings. The highest BCUT2D eigenvalue weighted by molar-refractivity contribution is 7.80. The zero-order valence-electron chi connectivity index (χ0n) is 15.9. The van der Waals surface area contributed by atoms with Gasteiger partial charge in [0, 0.05) is 18.7 Å². The first kappa shape index (κ1) is 22.7. The number of nitrogens with one attached hydrogen (secondary N) is 2. The molecule has 3 amide bonds. The van der Waals surface area contributed by atoms with Gasteiger partial charge in [-0.1, -0.05) is 30.3 Å². The lowest BCUT2D eigenvalue weighted by Crippen LogP contribution is -2.56. The summed E-state index contributed by atoms with van der Waals surface area (Å²) >= 11 is 3.94. The number of hydrogen-bond acceptors (Lipinski definition) is 6. The van der Waals surface area contributed by atoms with Crippen molar-refractivity contribution in [2.24, 2.45) is 5.73 Å². The van der Waals surface area contributed by atoms with Crippen molar-refractivity contribution in [2.45, 2.75) is 37.4 Å². The molecule has 9 nitrogen and oxygen atoms in total. The average Bonchev–Trinajstić information content (AvgIpc) is 3.21. The van der Waals surface area contributed by atoms with Crippen LogP contribution in [0, 0.1) is 0 Å². The third-order valence-corrected chi connectivity index (χ3v) is 5.13. The normalized spacial score (nSPS) is 18.0. The summed E-state index contributed by atoms with van der Waals surface area (Å²) in [5, 5.41) is 14.2. The number of carboxylic acids is 1. The van der Waals surface area contributed by atoms with Gasteiger partial charge in [-0.25, -0.2) is 4.79 Å². The maximum absolute atomic E-state index is 12.8. The van der Waals surface area contributed by atoms with E-state index in [1.165, 1.54) is 4.90 Å². The Morgan fingerprint density at radius 2 is 1.86 bits per heavy atom. The fraction of sp³-hybridized carbons (Fsp3) is 0.474. The molecule has 1 aromatic carbocycles. The fourth-order valence-electron chi connectivity index (χ4n) is 3.24. The van der Waals surface area contributed by atoms with E-state index in [0.29, 0.717) is 19.4 Å². The molecule has 1 aromatic rings. The number of amides is 3. The number of aliphatic carboxylic acids is 1. The largest absolute Gasteiger partial charge is 0.480 e. The molecule has 0 spiro atoms. The molecular formula is C19H26N4O5S. The summed E-state index contributed by atoms with van der Waals surface area (Å²) in [5.41, 5.74) is 6.21. The predicted octanol–water partition coefficient (Wildman–Crippen LogP) is -0.837. The number of carboxylic acid groups (broad SMARTS) is 1. The molecule has 1 aliphatic heterocycles. The van der Waals surface area contributed by atoms with E-state index in [-0.39, 0.29) is 24.6 Å². The van der Waals surface area contributed by atoms with E-state index in [1.807, 2.05) is 6.07 Å². The molecular weight excluding hydrogens is 396 g/mol. The molecule has 29 heavy (non-hydrogen) atoms. The lowest BCUT2D eigenvalue weighted by atomic mass is 10.0. The van der Waals surface area contributed by atoms with E-state index in [1.54, 1.807) is 24.3 Å². The Labute approximate surface area is 174 Å². The maximum Gasteiger partial charge on any atom is 0.327 e. The minimum absolute atomic E-state index is 0.0888. The summed E-state index contributed by atoms with van der Waals surface area (Å²) < 4.78 is 0. The van der Waals surface area contributed by atoms with Crippen molar-refractivity contribution in [3.8, 4) is 0 Å². The van der Waals surface area contributed by atoms with Crippen molar-refractivity contribution in [3.63, 3.8) is 0 Å². The summed E-state index contributed by atoms with van der Waals surface area (Å²) in [6.07, 6.45) is 1.32. The smallest absolute Gasteiger partial charge is 0.327 e. The van der Waals surface area contributed by atoms with Gasteiger partial charge < -0.3 is 26.4 Å². The molecule has 1 saturated heterocycles. The van der Waals surface area contributed by atoms with Crippen LogP contribution in [0.5, 0.6) is 0 Å². The second-order valence-corrected chi connectivity index (χ2v) is 7.15. The number of likely N-dealkylation sites (tertiary alicyclic amines) is 1. The number of nitrogens with two attached hydrogens (primary N) is 1. The molecule has 10 heteroatoms. The van der Waals surface area contributed by atoms with Gasteiger partial charge >= 0.3 is 5.97 Å². The van der Waals surface area contributed by atoms with Crippen LogP contribution in [0.2, 0.25) is 0 Å². The number of benzene rings is 1. The van der Waals surface area contributed by atoms with Gasteiger partial charge in [-0.15, -0.1) is 0 Å². The number of carbonyl (C=O) groups is 4. The molecule has 0 radical (unpaired) electrons. The predicted molar refractivity (Wildman–Crippen MR) is 109 cm³/mol. The van der Waals surface area contributed by atoms with Crippen molar-refractivity contribution < 1.29 is 24.3 Å². The molecule has 158 valence electrons. The van der Waals surface area contributed by atoms with Crippen LogP contribution in [0.4, 0.5) is 0 Å². The zero-order valence-corrected chi connectivity index (χ0v) is 16.8. The lowest BCUT2D eigenvalue weighted by molar-refractivity contribution is -0.142. The van der Waals surface area contributed by atoms with E-state index in [2.05, 4.69) is 23.3 Å². The first-order chi connectivity index (χ1) is 13.9. The molecule has 0 saturated carbocycles. The minimum Gasteiger partial charge on any atom is -0.480 e. The van der Waals surface area contributed by atoms with Crippen molar-refractivity contribution >= 4 is 36.3 Å². The second kappa shape index (κ2) is 10.8. The Bertz CT molecular complexity index is 745. The summed E-state index contributed by atoms with van der Waals surface area (Å²) in [4.78, 5) is 50.1. The van der Waals surface area contributed by atoms with E-state index >= 15 is 0 Å². The van der Waals surface area contributed by atoms with Gasteiger partial charge in [0.05, 0.1) is 6.54 Å². The number of nitrogens with zero attached hydrogens (tertiary/aromatic N) is 1. The van der Waals surface area contributed by atoms with Crippen LogP contribution in [0.25, 0.3) is 0 Å². The topological polar surface area (TPSA) is 142 Å². The maximum atomic E-state index is 12.8. The third-order valence-electron chi connectivity index (χ3n) is 4.76. The highest BCUT2D eigenvalue weighted by Crippen LogP contribution is 2.18. The monoisotopic (exact) mass is 422 g/mol. The molecule has 1 heterocycles. The number of carbonyl (C=O) groups excluding carboxylic acids is 3. The average molecular weight is 423 g/mol. The molecule has 1 fully saturated rings. The Balaban J connectivity index is 2.15. The van der Waals surface area contributed by atoms with Gasteiger partial charge in [-0.3, -0.25) is 14.4 Å². The van der Waals surface area contributed by atoms with Gasteiger partial charge in [-0.2, -0.15) is 12.6 Å². The van der Waals surface area contributed by atoms with Crippen LogP contribution in [-0.4, -0.2) is 70.7 Å². The van der Waals surface area contributed by atoms with E-state index in [4.69, 9.17) is 10.8 Å². The van der Waals surface area contributed by atoms with Crippen LogP contribution >= 0.6 is 12.6 Å². The summed E-state index contributed by atoms with van der Waals surface area (Å²) in [7, 11) is 0. The number of rotatable bonds is 9. The Morgan fingerprint density at radius 3 is 2.45 bits per heavy atom. The number of hydrogen-bond donors (Lipinski definition) is 5. The zero-order chi connectivity index (χ0) is 21.4. The molecule has 2 rings (SSSR count). The van der Waals surface area contributed by atoms with Gasteiger partial charge in [0.2, 0.25) is 17.7 Å². The van der Waals surface area contributed by atoms with Crippen LogP contribution in [0.15, 0.2) is 30.3 Å². The fourth-order valence-corrected chi connectivity index (χ4v) is 3.49. The third kappa shape index (κ3) is 6.20. The molecule has 5 N–H and O–H groups in total.